The van der Waals surface area contributed by atoms with Gasteiger partial charge in [0.25, 0.3) is 5.91 Å². The third-order valence-electron chi connectivity index (χ3n) is 7.90. The van der Waals surface area contributed by atoms with Gasteiger partial charge in [-0.1, -0.05) is 37.3 Å². The number of rotatable bonds is 5. The van der Waals surface area contributed by atoms with E-state index in [9.17, 15) is 19.5 Å². The van der Waals surface area contributed by atoms with Crippen LogP contribution in [0, 0.1) is 5.92 Å². The zero-order valence-corrected chi connectivity index (χ0v) is 22.1. The van der Waals surface area contributed by atoms with Crippen LogP contribution in [0.4, 0.5) is 11.4 Å². The minimum Gasteiger partial charge on any atom is -0.432 e. The van der Waals surface area contributed by atoms with Gasteiger partial charge in [0.05, 0.1) is 23.2 Å². The zero-order valence-electron chi connectivity index (χ0n) is 21.1. The summed E-state index contributed by atoms with van der Waals surface area (Å²) < 4.78 is 6.55. The lowest BCUT2D eigenvalue weighted by Crippen LogP contribution is -2.45. The number of nitrogens with zero attached hydrogens (tertiary/aromatic N) is 3. The standard InChI is InChI=1S/C27H33N3O5Si/c1-17-25(36(3,4)34)23(14-15-31)35-27(17)20-16-19(10-12-22(20)29(2)26(27)33)30-24(32)13-11-21(28-30)18-8-6-5-7-9-18/h5-10,12,16-17,23,25,31,34H,11,13-15H2,1-4H3/t17-,23+,25-,27+/m1/s1. The van der Waals surface area contributed by atoms with Gasteiger partial charge in [-0.2, -0.15) is 5.10 Å². The molecule has 8 nitrogen and oxygen atoms in total. The highest BCUT2D eigenvalue weighted by atomic mass is 28.4. The van der Waals surface area contributed by atoms with Crippen LogP contribution in [-0.4, -0.2) is 55.5 Å². The third-order valence-corrected chi connectivity index (χ3v) is 10.4. The fraction of sp³-hybridized carbons (Fsp3) is 0.444. The molecule has 3 aliphatic rings. The molecular formula is C27H33N3O5Si. The molecule has 2 aromatic carbocycles. The molecule has 0 aromatic heterocycles. The van der Waals surface area contributed by atoms with Crippen LogP contribution >= 0.6 is 0 Å². The average molecular weight is 508 g/mol. The Labute approximate surface area is 212 Å². The topological polar surface area (TPSA) is 103 Å². The van der Waals surface area contributed by atoms with Crippen molar-refractivity contribution in [1.29, 1.82) is 0 Å². The molecule has 0 saturated carbocycles. The largest absolute Gasteiger partial charge is 0.432 e. The summed E-state index contributed by atoms with van der Waals surface area (Å²) in [5, 5.41) is 15.8. The Hall–Kier alpha value is -2.85. The van der Waals surface area contributed by atoms with E-state index in [4.69, 9.17) is 9.84 Å². The van der Waals surface area contributed by atoms with Gasteiger partial charge in [-0.3, -0.25) is 9.59 Å². The molecule has 3 heterocycles. The highest BCUT2D eigenvalue weighted by Crippen LogP contribution is 2.59. The summed E-state index contributed by atoms with van der Waals surface area (Å²) in [7, 11) is -1.03. The molecule has 1 saturated heterocycles. The Morgan fingerprint density at radius 2 is 1.86 bits per heavy atom. The van der Waals surface area contributed by atoms with Crippen LogP contribution in [0.1, 0.15) is 37.3 Å². The molecule has 1 spiro atoms. The number of hydrazone groups is 1. The van der Waals surface area contributed by atoms with Crippen LogP contribution in [0.2, 0.25) is 18.6 Å². The minimum absolute atomic E-state index is 0.0926. The molecule has 3 aliphatic heterocycles. The summed E-state index contributed by atoms with van der Waals surface area (Å²) in [6, 6.07) is 15.3. The molecule has 0 unspecified atom stereocenters. The second-order valence-corrected chi connectivity index (χ2v) is 14.5. The summed E-state index contributed by atoms with van der Waals surface area (Å²) in [5.74, 6) is -0.612. The summed E-state index contributed by atoms with van der Waals surface area (Å²) >= 11 is 0. The summed E-state index contributed by atoms with van der Waals surface area (Å²) in [6.07, 6.45) is 0.806. The van der Waals surface area contributed by atoms with Crippen LogP contribution in [0.25, 0.3) is 0 Å². The van der Waals surface area contributed by atoms with Crippen LogP contribution in [-0.2, 0) is 19.9 Å². The Bertz CT molecular complexity index is 1230. The van der Waals surface area contributed by atoms with Gasteiger partial charge in [-0.05, 0) is 43.3 Å². The van der Waals surface area contributed by atoms with E-state index in [1.807, 2.05) is 68.5 Å². The van der Waals surface area contributed by atoms with Crippen molar-refractivity contribution in [3.63, 3.8) is 0 Å². The van der Waals surface area contributed by atoms with Gasteiger partial charge in [-0.15, -0.1) is 0 Å². The van der Waals surface area contributed by atoms with E-state index in [1.165, 1.54) is 5.01 Å². The van der Waals surface area contributed by atoms with Crippen molar-refractivity contribution in [3.8, 4) is 0 Å². The lowest BCUT2D eigenvalue weighted by molar-refractivity contribution is -0.146. The van der Waals surface area contributed by atoms with E-state index >= 15 is 0 Å². The zero-order chi connectivity index (χ0) is 25.8. The molecule has 36 heavy (non-hydrogen) atoms. The third kappa shape index (κ3) is 3.73. The van der Waals surface area contributed by atoms with Gasteiger partial charge in [0.15, 0.2) is 13.9 Å². The van der Waals surface area contributed by atoms with Gasteiger partial charge >= 0.3 is 0 Å². The molecule has 9 heteroatoms. The molecule has 0 aliphatic carbocycles. The van der Waals surface area contributed by atoms with Gasteiger partial charge in [-0.25, -0.2) is 5.01 Å². The van der Waals surface area contributed by atoms with E-state index in [-0.39, 0.29) is 29.9 Å². The lowest BCUT2D eigenvalue weighted by Gasteiger charge is -2.32. The van der Waals surface area contributed by atoms with Crippen LogP contribution in [0.3, 0.4) is 0 Å². The molecule has 190 valence electrons. The Morgan fingerprint density at radius 1 is 1.14 bits per heavy atom. The van der Waals surface area contributed by atoms with Gasteiger partial charge in [0.2, 0.25) is 5.91 Å². The first-order valence-corrected chi connectivity index (χ1v) is 15.5. The van der Waals surface area contributed by atoms with E-state index in [2.05, 4.69) is 0 Å². The average Bonchev–Trinajstić information content (AvgIpc) is 3.26. The van der Waals surface area contributed by atoms with Crippen molar-refractivity contribution in [1.82, 2.24) is 0 Å². The number of hydrogen-bond acceptors (Lipinski definition) is 6. The van der Waals surface area contributed by atoms with Gasteiger partial charge in [0.1, 0.15) is 0 Å². The van der Waals surface area contributed by atoms with Crippen molar-refractivity contribution < 1.29 is 24.2 Å². The molecule has 4 atom stereocenters. The van der Waals surface area contributed by atoms with Gasteiger partial charge in [0, 0.05) is 43.5 Å². The van der Waals surface area contributed by atoms with Crippen LogP contribution < -0.4 is 9.91 Å². The van der Waals surface area contributed by atoms with Gasteiger partial charge < -0.3 is 19.5 Å². The number of aliphatic hydroxyl groups is 1. The molecule has 0 bridgehead atoms. The Balaban J connectivity index is 1.61. The monoisotopic (exact) mass is 507 g/mol. The number of anilines is 2. The maximum atomic E-state index is 13.8. The first kappa shape index (κ1) is 24.8. The number of aliphatic hydroxyl groups excluding tert-OH is 1. The van der Waals surface area contributed by atoms with Crippen LogP contribution in [0.5, 0.6) is 0 Å². The fourth-order valence-electron chi connectivity index (χ4n) is 6.29. The second kappa shape index (κ2) is 8.91. The Kier molecular flexibility index (Phi) is 6.15. The number of likely N-dealkylation sites (N-methyl/N-ethyl adjacent to an activating group) is 1. The summed E-state index contributed by atoms with van der Waals surface area (Å²) in [6.45, 7) is 5.57. The predicted molar refractivity (Wildman–Crippen MR) is 140 cm³/mol. The first-order chi connectivity index (χ1) is 17.1. The fourth-order valence-corrected chi connectivity index (χ4v) is 8.90. The number of carbonyl (C=O) groups excluding carboxylic acids is 2. The van der Waals surface area contributed by atoms with Crippen molar-refractivity contribution in [3.05, 3.63) is 59.7 Å². The van der Waals surface area contributed by atoms with Crippen molar-refractivity contribution in [2.75, 3.05) is 23.6 Å². The quantitative estimate of drug-likeness (QED) is 0.604. The highest BCUT2D eigenvalue weighted by Gasteiger charge is 2.65. The molecular weight excluding hydrogens is 474 g/mol. The number of ether oxygens (including phenoxy) is 1. The SMILES string of the molecule is C[C@@H]1[C@@H]([Si](C)(C)O)[C@H](CCO)O[C@@]12C(=O)N(C)c1ccc(N3N=C(c4ccccc4)CCC3=O)cc12. The molecule has 5 rings (SSSR count). The number of amides is 2. The van der Waals surface area contributed by atoms with E-state index in [0.29, 0.717) is 36.2 Å². The second-order valence-electron chi connectivity index (χ2n) is 10.6. The van der Waals surface area contributed by atoms with E-state index < -0.39 is 20.0 Å². The number of carbonyl (C=O) groups is 2. The number of benzene rings is 2. The minimum atomic E-state index is -2.75. The predicted octanol–water partition coefficient (Wildman–Crippen LogP) is 3.37. The maximum Gasteiger partial charge on any atom is 0.264 e. The molecule has 2 N–H and O–H groups in total. The summed E-state index contributed by atoms with van der Waals surface area (Å²) in [4.78, 5) is 39.5. The highest BCUT2D eigenvalue weighted by molar-refractivity contribution is 6.71. The number of fused-ring (bicyclic) bond motifs is 2. The summed E-state index contributed by atoms with van der Waals surface area (Å²) in [5.41, 5.74) is 2.25. The van der Waals surface area contributed by atoms with Crippen molar-refractivity contribution in [2.24, 2.45) is 11.0 Å². The smallest absolute Gasteiger partial charge is 0.264 e. The first-order valence-electron chi connectivity index (χ1n) is 12.5. The number of hydrogen-bond donors (Lipinski definition) is 2. The maximum absolute atomic E-state index is 13.8. The van der Waals surface area contributed by atoms with Crippen molar-refractivity contribution >= 4 is 37.2 Å². The molecule has 0 radical (unpaired) electrons. The van der Waals surface area contributed by atoms with E-state index in [1.54, 1.807) is 11.9 Å². The van der Waals surface area contributed by atoms with E-state index in [0.717, 1.165) is 11.3 Å². The molecule has 2 amide bonds. The Morgan fingerprint density at radius 3 is 2.53 bits per heavy atom. The molecule has 2 aromatic rings. The van der Waals surface area contributed by atoms with Crippen LogP contribution in [0.15, 0.2) is 53.6 Å². The lowest BCUT2D eigenvalue weighted by atomic mass is 9.82. The molecule has 1 fully saturated rings. The van der Waals surface area contributed by atoms with Crippen molar-refractivity contribution in [2.45, 2.75) is 56.5 Å². The normalized spacial score (nSPS) is 28.2.